The lowest BCUT2D eigenvalue weighted by Crippen LogP contribution is -1.97. The molecule has 0 bridgehead atoms. The van der Waals surface area contributed by atoms with Gasteiger partial charge in [-0.3, -0.25) is 0 Å². The summed E-state index contributed by atoms with van der Waals surface area (Å²) < 4.78 is 6.21. The smallest absolute Gasteiger partial charge is 0.173 e. The topological polar surface area (TPSA) is 56.5 Å². The summed E-state index contributed by atoms with van der Waals surface area (Å²) in [6.45, 7) is 0. The van der Waals surface area contributed by atoms with E-state index in [1.807, 2.05) is 60.8 Å². The van der Waals surface area contributed by atoms with Crippen LogP contribution < -0.4 is 0 Å². The van der Waals surface area contributed by atoms with E-state index >= 15 is 0 Å². The number of rotatable bonds is 3. The molecule has 0 aliphatic heterocycles. The van der Waals surface area contributed by atoms with E-state index in [4.69, 9.17) is 0 Å². The molecule has 0 unspecified atom stereocenters. The summed E-state index contributed by atoms with van der Waals surface area (Å²) in [7, 11) is 0. The molecular formula is C16H11N5S. The van der Waals surface area contributed by atoms with Gasteiger partial charge in [0.15, 0.2) is 5.82 Å². The van der Waals surface area contributed by atoms with Crippen LogP contribution in [0.5, 0.6) is 0 Å². The van der Waals surface area contributed by atoms with Crippen LogP contribution in [0, 0.1) is 0 Å². The zero-order valence-electron chi connectivity index (χ0n) is 11.5. The Hall–Kier alpha value is -2.86. The van der Waals surface area contributed by atoms with Gasteiger partial charge in [-0.1, -0.05) is 47.7 Å². The van der Waals surface area contributed by atoms with Crippen LogP contribution in [-0.2, 0) is 0 Å². The van der Waals surface area contributed by atoms with Gasteiger partial charge >= 0.3 is 0 Å². The standard InChI is InChI=1S/C16H11N5S/c1-2-6-12(7-3-1)15-18-16(22-19-15)13-8-4-5-9-14(13)21-11-10-17-20-21/h1-11H. The summed E-state index contributed by atoms with van der Waals surface area (Å²) in [6, 6.07) is 17.9. The van der Waals surface area contributed by atoms with E-state index < -0.39 is 0 Å². The molecule has 4 aromatic rings. The Morgan fingerprint density at radius 2 is 1.73 bits per heavy atom. The van der Waals surface area contributed by atoms with Crippen molar-refractivity contribution >= 4 is 11.5 Å². The van der Waals surface area contributed by atoms with Crippen molar-refractivity contribution in [1.29, 1.82) is 0 Å². The van der Waals surface area contributed by atoms with Crippen molar-refractivity contribution in [2.45, 2.75) is 0 Å². The van der Waals surface area contributed by atoms with Crippen LogP contribution in [0.1, 0.15) is 0 Å². The quantitative estimate of drug-likeness (QED) is 0.581. The van der Waals surface area contributed by atoms with Crippen LogP contribution in [0.25, 0.3) is 27.6 Å². The predicted molar refractivity (Wildman–Crippen MR) is 85.7 cm³/mol. The Balaban J connectivity index is 1.80. The first-order chi connectivity index (χ1) is 10.9. The van der Waals surface area contributed by atoms with E-state index in [2.05, 4.69) is 19.7 Å². The largest absolute Gasteiger partial charge is 0.220 e. The zero-order valence-corrected chi connectivity index (χ0v) is 12.3. The average molecular weight is 305 g/mol. The van der Waals surface area contributed by atoms with Gasteiger partial charge in [0.2, 0.25) is 0 Å². The number of para-hydroxylation sites is 1. The third-order valence-electron chi connectivity index (χ3n) is 3.26. The molecule has 0 aliphatic carbocycles. The second-order valence-electron chi connectivity index (χ2n) is 4.65. The molecule has 4 rings (SSSR count). The summed E-state index contributed by atoms with van der Waals surface area (Å²) in [6.07, 6.45) is 3.48. The second kappa shape index (κ2) is 5.50. The Morgan fingerprint density at radius 3 is 2.55 bits per heavy atom. The maximum absolute atomic E-state index is 4.67. The Bertz CT molecular complexity index is 884. The van der Waals surface area contributed by atoms with Crippen LogP contribution in [0.15, 0.2) is 67.0 Å². The lowest BCUT2D eigenvalue weighted by molar-refractivity contribution is 0.804. The number of benzene rings is 2. The van der Waals surface area contributed by atoms with E-state index in [0.717, 1.165) is 27.6 Å². The van der Waals surface area contributed by atoms with Gasteiger partial charge in [0.05, 0.1) is 18.1 Å². The summed E-state index contributed by atoms with van der Waals surface area (Å²) in [5.41, 5.74) is 2.95. The molecule has 2 heterocycles. The molecule has 0 fully saturated rings. The van der Waals surface area contributed by atoms with Gasteiger partial charge in [-0.05, 0) is 23.7 Å². The Morgan fingerprint density at radius 1 is 0.909 bits per heavy atom. The monoisotopic (exact) mass is 305 g/mol. The molecule has 2 aromatic carbocycles. The van der Waals surface area contributed by atoms with E-state index in [1.165, 1.54) is 11.5 Å². The van der Waals surface area contributed by atoms with Crippen molar-refractivity contribution in [2.24, 2.45) is 0 Å². The fourth-order valence-electron chi connectivity index (χ4n) is 2.23. The van der Waals surface area contributed by atoms with Gasteiger partial charge in [-0.25, -0.2) is 9.67 Å². The highest BCUT2D eigenvalue weighted by Gasteiger charge is 2.13. The lowest BCUT2D eigenvalue weighted by Gasteiger charge is -2.05. The van der Waals surface area contributed by atoms with Crippen molar-refractivity contribution < 1.29 is 0 Å². The fraction of sp³-hybridized carbons (Fsp3) is 0. The first-order valence-electron chi connectivity index (χ1n) is 6.77. The summed E-state index contributed by atoms with van der Waals surface area (Å²) in [4.78, 5) is 4.67. The minimum Gasteiger partial charge on any atom is -0.220 e. The highest BCUT2D eigenvalue weighted by atomic mass is 32.1. The first kappa shape index (κ1) is 12.8. The lowest BCUT2D eigenvalue weighted by atomic mass is 10.2. The number of hydrogen-bond acceptors (Lipinski definition) is 5. The SMILES string of the molecule is c1ccc(-c2nsc(-c3ccccc3-n3ccnn3)n2)cc1. The van der Waals surface area contributed by atoms with Crippen molar-refractivity contribution in [1.82, 2.24) is 24.4 Å². The third-order valence-corrected chi connectivity index (χ3v) is 4.01. The highest BCUT2D eigenvalue weighted by Crippen LogP contribution is 2.29. The van der Waals surface area contributed by atoms with E-state index in [9.17, 15) is 0 Å². The van der Waals surface area contributed by atoms with Gasteiger partial charge in [0.1, 0.15) is 5.01 Å². The Kier molecular flexibility index (Phi) is 3.21. The van der Waals surface area contributed by atoms with Crippen molar-refractivity contribution in [2.75, 3.05) is 0 Å². The molecule has 0 saturated heterocycles. The number of nitrogens with zero attached hydrogens (tertiary/aromatic N) is 5. The fourth-order valence-corrected chi connectivity index (χ4v) is 2.95. The predicted octanol–water partition coefficient (Wildman–Crippen LogP) is 3.45. The van der Waals surface area contributed by atoms with Gasteiger partial charge in [-0.15, -0.1) is 5.10 Å². The van der Waals surface area contributed by atoms with Gasteiger partial charge in [0, 0.05) is 11.1 Å². The minimum atomic E-state index is 0.744. The summed E-state index contributed by atoms with van der Waals surface area (Å²) in [5.74, 6) is 0.744. The number of hydrogen-bond donors (Lipinski definition) is 0. The highest BCUT2D eigenvalue weighted by molar-refractivity contribution is 7.09. The molecule has 106 valence electrons. The number of aromatic nitrogens is 5. The second-order valence-corrected chi connectivity index (χ2v) is 5.41. The third kappa shape index (κ3) is 2.29. The molecule has 0 N–H and O–H groups in total. The molecule has 0 saturated carbocycles. The van der Waals surface area contributed by atoms with E-state index in [-0.39, 0.29) is 0 Å². The van der Waals surface area contributed by atoms with E-state index in [0.29, 0.717) is 0 Å². The molecule has 2 aromatic heterocycles. The molecule has 0 amide bonds. The molecule has 0 spiro atoms. The minimum absolute atomic E-state index is 0.744. The van der Waals surface area contributed by atoms with Crippen LogP contribution in [0.3, 0.4) is 0 Å². The van der Waals surface area contributed by atoms with Crippen LogP contribution >= 0.6 is 11.5 Å². The van der Waals surface area contributed by atoms with Crippen molar-refractivity contribution in [3.8, 4) is 27.6 Å². The molecule has 0 aliphatic rings. The molecule has 22 heavy (non-hydrogen) atoms. The van der Waals surface area contributed by atoms with Crippen LogP contribution in [0.2, 0.25) is 0 Å². The van der Waals surface area contributed by atoms with Gasteiger partial charge in [-0.2, -0.15) is 4.37 Å². The molecule has 0 atom stereocenters. The molecular weight excluding hydrogens is 294 g/mol. The maximum Gasteiger partial charge on any atom is 0.173 e. The van der Waals surface area contributed by atoms with Crippen LogP contribution in [0.4, 0.5) is 0 Å². The van der Waals surface area contributed by atoms with Crippen molar-refractivity contribution in [3.63, 3.8) is 0 Å². The van der Waals surface area contributed by atoms with Crippen LogP contribution in [-0.4, -0.2) is 24.4 Å². The maximum atomic E-state index is 4.67. The Labute approximate surface area is 131 Å². The zero-order chi connectivity index (χ0) is 14.8. The first-order valence-corrected chi connectivity index (χ1v) is 7.54. The van der Waals surface area contributed by atoms with E-state index in [1.54, 1.807) is 10.9 Å². The molecule has 6 heteroatoms. The van der Waals surface area contributed by atoms with Crippen molar-refractivity contribution in [3.05, 3.63) is 67.0 Å². The average Bonchev–Trinajstić information content (AvgIpc) is 3.28. The van der Waals surface area contributed by atoms with Gasteiger partial charge < -0.3 is 0 Å². The normalized spacial score (nSPS) is 10.7. The summed E-state index contributed by atoms with van der Waals surface area (Å²) in [5, 5.41) is 8.79. The van der Waals surface area contributed by atoms with Gasteiger partial charge in [0.25, 0.3) is 0 Å². The molecule has 0 radical (unpaired) electrons. The molecule has 5 nitrogen and oxygen atoms in total. The summed E-state index contributed by atoms with van der Waals surface area (Å²) >= 11 is 1.39.